The van der Waals surface area contributed by atoms with E-state index in [4.69, 9.17) is 50.7 Å². The van der Waals surface area contributed by atoms with E-state index in [9.17, 15) is 9.59 Å². The second kappa shape index (κ2) is 8.33. The van der Waals surface area contributed by atoms with Crippen molar-refractivity contribution in [2.24, 2.45) is 0 Å². The van der Waals surface area contributed by atoms with Gasteiger partial charge in [0.15, 0.2) is 34.8 Å². The molecule has 25 heavy (non-hydrogen) atoms. The van der Waals surface area contributed by atoms with Crippen LogP contribution in [0.2, 0.25) is 0 Å². The Morgan fingerprint density at radius 3 is 1.20 bits per heavy atom. The summed E-state index contributed by atoms with van der Waals surface area (Å²) in [7, 11) is -4.67. The number of aromatic hydroxyl groups is 2. The molecule has 2 aromatic heterocycles. The molecule has 0 saturated heterocycles. The van der Waals surface area contributed by atoms with E-state index in [2.05, 4.69) is 19.9 Å². The number of hydrogen-bond donors (Lipinski definition) is 10. The number of hydrogen-bond acceptors (Lipinski definition) is 12. The molecule has 17 heteroatoms. The molecule has 0 spiro atoms. The fraction of sp³-hybridized carbons (Fsp3) is 0. The van der Waals surface area contributed by atoms with Gasteiger partial charge in [-0.15, -0.1) is 0 Å². The van der Waals surface area contributed by atoms with Crippen molar-refractivity contribution in [1.29, 1.82) is 0 Å². The van der Waals surface area contributed by atoms with Gasteiger partial charge in [-0.25, -0.2) is 9.59 Å². The summed E-state index contributed by atoms with van der Waals surface area (Å²) in [6.45, 7) is 0. The second-order valence-electron chi connectivity index (χ2n) is 3.83. The molecule has 0 bridgehead atoms. The Hall–Kier alpha value is -3.57. The predicted molar refractivity (Wildman–Crippen MR) is 84.9 cm³/mol. The van der Waals surface area contributed by atoms with Gasteiger partial charge in [0, 0.05) is 0 Å². The summed E-state index contributed by atoms with van der Waals surface area (Å²) >= 11 is 0. The molecule has 14 N–H and O–H groups in total. The molecule has 0 amide bonds. The van der Waals surface area contributed by atoms with Gasteiger partial charge in [-0.3, -0.25) is 19.1 Å². The van der Waals surface area contributed by atoms with E-state index in [0.717, 1.165) is 0 Å². The molecule has 16 nitrogen and oxygen atoms in total. The topological polar surface area (TPSA) is 311 Å². The van der Waals surface area contributed by atoms with Gasteiger partial charge < -0.3 is 33.1 Å². The first-order valence-corrected chi connectivity index (χ1v) is 7.00. The van der Waals surface area contributed by atoms with Crippen molar-refractivity contribution in [2.75, 3.05) is 22.9 Å². The molecule has 2 heterocycles. The van der Waals surface area contributed by atoms with Gasteiger partial charge in [0.2, 0.25) is 0 Å². The Morgan fingerprint density at radius 2 is 1.00 bits per heavy atom. The van der Waals surface area contributed by atoms with Crippen LogP contribution in [0.1, 0.15) is 0 Å². The second-order valence-corrected chi connectivity index (χ2v) is 4.72. The number of nitrogens with one attached hydrogen (secondary N) is 2. The molecular weight excluding hydrogens is 368 g/mol. The average molecular weight is 382 g/mol. The average Bonchev–Trinajstić information content (AvgIpc) is 2.40. The van der Waals surface area contributed by atoms with Crippen LogP contribution < -0.4 is 34.3 Å². The van der Waals surface area contributed by atoms with E-state index in [-0.39, 0.29) is 34.8 Å². The molecule has 0 saturated carbocycles. The monoisotopic (exact) mass is 382 g/mol. The number of nitrogen functional groups attached to an aromatic ring is 4. The molecule has 2 aromatic rings. The van der Waals surface area contributed by atoms with Gasteiger partial charge in [-0.05, 0) is 0 Å². The molecule has 0 atom stereocenters. The normalized spacial score (nSPS) is 10.0. The summed E-state index contributed by atoms with van der Waals surface area (Å²) in [5.74, 6) is -1.64. The van der Waals surface area contributed by atoms with Crippen LogP contribution in [0.15, 0.2) is 9.59 Å². The third-order valence-electron chi connectivity index (χ3n) is 1.92. The quantitative estimate of drug-likeness (QED) is 0.199. The third kappa shape index (κ3) is 8.59. The smallest absolute Gasteiger partial charge is 0.394 e. The number of nitrogens with two attached hydrogens (primary N) is 4. The van der Waals surface area contributed by atoms with Crippen molar-refractivity contribution in [3.8, 4) is 11.5 Å². The van der Waals surface area contributed by atoms with Crippen LogP contribution in [0.5, 0.6) is 11.5 Å². The van der Waals surface area contributed by atoms with Gasteiger partial charge in [-0.1, -0.05) is 0 Å². The van der Waals surface area contributed by atoms with Crippen molar-refractivity contribution in [2.45, 2.75) is 0 Å². The Balaban J connectivity index is 0.000000368. The van der Waals surface area contributed by atoms with Crippen molar-refractivity contribution >= 4 is 33.7 Å². The highest BCUT2D eigenvalue weighted by molar-refractivity contribution is 7.79. The lowest BCUT2D eigenvalue weighted by Crippen LogP contribution is -2.14. The zero-order valence-corrected chi connectivity index (χ0v) is 12.9. The molecule has 140 valence electrons. The first-order valence-electron chi connectivity index (χ1n) is 5.60. The summed E-state index contributed by atoms with van der Waals surface area (Å²) in [6, 6.07) is 0. The Morgan fingerprint density at radius 1 is 0.760 bits per heavy atom. The summed E-state index contributed by atoms with van der Waals surface area (Å²) < 4.78 is 31.6. The summed E-state index contributed by atoms with van der Waals surface area (Å²) in [5, 5.41) is 17.7. The summed E-state index contributed by atoms with van der Waals surface area (Å²) in [5.41, 5.74) is 19.0. The van der Waals surface area contributed by atoms with E-state index in [1.807, 2.05) is 0 Å². The lowest BCUT2D eigenvalue weighted by molar-refractivity contribution is 0.381. The molecule has 0 unspecified atom stereocenters. The predicted octanol–water partition coefficient (Wildman–Crippen LogP) is -3.37. The fourth-order valence-corrected chi connectivity index (χ4v) is 1.01. The van der Waals surface area contributed by atoms with E-state index in [1.165, 1.54) is 0 Å². The lowest BCUT2D eigenvalue weighted by Gasteiger charge is -1.97. The molecule has 0 fully saturated rings. The van der Waals surface area contributed by atoms with Crippen LogP contribution in [-0.2, 0) is 10.4 Å². The first kappa shape index (κ1) is 21.4. The first-order chi connectivity index (χ1) is 11.2. The maximum absolute atomic E-state index is 10.4. The number of H-pyrrole nitrogens is 2. The molecule has 0 aliphatic heterocycles. The van der Waals surface area contributed by atoms with Crippen LogP contribution >= 0.6 is 0 Å². The fourth-order valence-electron chi connectivity index (χ4n) is 1.01. The minimum Gasteiger partial charge on any atom is -0.502 e. The molecule has 0 aliphatic carbocycles. The third-order valence-corrected chi connectivity index (χ3v) is 1.92. The van der Waals surface area contributed by atoms with Gasteiger partial charge >= 0.3 is 21.8 Å². The van der Waals surface area contributed by atoms with Gasteiger partial charge in [0.05, 0.1) is 0 Å². The van der Waals surface area contributed by atoms with E-state index >= 15 is 0 Å². The van der Waals surface area contributed by atoms with Crippen LogP contribution in [0.3, 0.4) is 0 Å². The minimum absolute atomic E-state index is 0.169. The molecular formula is C8H14N8O8S. The Kier molecular flexibility index (Phi) is 7.14. The van der Waals surface area contributed by atoms with Gasteiger partial charge in [-0.2, -0.15) is 18.4 Å². The SMILES string of the molecule is Nc1nc(=O)[nH]c(N)c1O.Nc1nc(=O)[nH]c(N)c1O.O=S(=O)(O)O. The largest absolute Gasteiger partial charge is 0.502 e. The maximum Gasteiger partial charge on any atom is 0.394 e. The molecule has 2 rings (SSSR count). The van der Waals surface area contributed by atoms with E-state index in [0.29, 0.717) is 0 Å². The zero-order chi connectivity index (χ0) is 19.9. The number of aromatic nitrogens is 4. The molecule has 0 aliphatic rings. The molecule has 0 radical (unpaired) electrons. The lowest BCUT2D eigenvalue weighted by atomic mass is 10.5. The number of aromatic amines is 2. The summed E-state index contributed by atoms with van der Waals surface area (Å²) in [6.07, 6.45) is 0. The van der Waals surface area contributed by atoms with Crippen molar-refractivity contribution < 1.29 is 27.7 Å². The van der Waals surface area contributed by atoms with Gasteiger partial charge in [0.25, 0.3) is 0 Å². The highest BCUT2D eigenvalue weighted by Gasteiger charge is 2.03. The standard InChI is InChI=1S/2C4H6N4O2.H2O4S/c2*5-2-1(9)3(6)8-4(10)7-2;1-5(2,3)4/h2*9H,(H5,5,6,7,8,10);(H2,1,2,3,4). The molecule has 0 aromatic carbocycles. The highest BCUT2D eigenvalue weighted by atomic mass is 32.3. The van der Waals surface area contributed by atoms with E-state index < -0.39 is 21.8 Å². The number of anilines is 4. The van der Waals surface area contributed by atoms with Crippen LogP contribution in [0.25, 0.3) is 0 Å². The number of rotatable bonds is 0. The van der Waals surface area contributed by atoms with Crippen LogP contribution in [-0.4, -0.2) is 47.7 Å². The zero-order valence-electron chi connectivity index (χ0n) is 12.0. The van der Waals surface area contributed by atoms with Gasteiger partial charge in [0.1, 0.15) is 0 Å². The van der Waals surface area contributed by atoms with Crippen LogP contribution in [0, 0.1) is 0 Å². The maximum atomic E-state index is 10.4. The highest BCUT2D eigenvalue weighted by Crippen LogP contribution is 2.19. The van der Waals surface area contributed by atoms with E-state index in [1.54, 1.807) is 0 Å². The minimum atomic E-state index is -4.67. The Labute approximate surface area is 137 Å². The Bertz CT molecular complexity index is 828. The van der Waals surface area contributed by atoms with Crippen LogP contribution in [0.4, 0.5) is 23.3 Å². The number of nitrogens with zero attached hydrogens (tertiary/aromatic N) is 2. The summed E-state index contributed by atoms with van der Waals surface area (Å²) in [4.78, 5) is 31.3. The van der Waals surface area contributed by atoms with Crippen molar-refractivity contribution in [3.63, 3.8) is 0 Å². The van der Waals surface area contributed by atoms with Crippen molar-refractivity contribution in [3.05, 3.63) is 21.0 Å². The van der Waals surface area contributed by atoms with Crippen molar-refractivity contribution in [1.82, 2.24) is 19.9 Å².